The van der Waals surface area contributed by atoms with Crippen LogP contribution in [0.25, 0.3) is 0 Å². The molecular formula is C5HF12N. The summed E-state index contributed by atoms with van der Waals surface area (Å²) in [5.74, 6) is 0. The van der Waals surface area contributed by atoms with Crippen LogP contribution in [0.2, 0.25) is 0 Å². The van der Waals surface area contributed by atoms with E-state index in [1.807, 2.05) is 0 Å². The maximum absolute atomic E-state index is 12.4. The van der Waals surface area contributed by atoms with Gasteiger partial charge in [0.15, 0.2) is 0 Å². The molecule has 0 aromatic carbocycles. The predicted octanol–water partition coefficient (Wildman–Crippen LogP) is 3.82. The molecule has 0 heterocycles. The lowest BCUT2D eigenvalue weighted by Gasteiger charge is -2.35. The largest absolute Gasteiger partial charge is 0.472 e. The molecule has 0 aromatic rings. The van der Waals surface area contributed by atoms with Crippen LogP contribution in [-0.2, 0) is 0 Å². The van der Waals surface area contributed by atoms with Gasteiger partial charge in [-0.2, -0.15) is 48.3 Å². The van der Waals surface area contributed by atoms with Crippen molar-refractivity contribution in [2.45, 2.75) is 31.0 Å². The molecule has 0 amide bonds. The maximum atomic E-state index is 12.4. The Kier molecular flexibility index (Phi) is 4.13. The highest BCUT2D eigenvalue weighted by molar-refractivity contribution is 4.86. The van der Waals surface area contributed by atoms with Crippen molar-refractivity contribution < 1.29 is 52.7 Å². The van der Waals surface area contributed by atoms with Crippen molar-refractivity contribution in [3.8, 4) is 0 Å². The highest BCUT2D eigenvalue weighted by atomic mass is 19.4. The first-order valence-electron chi connectivity index (χ1n) is 3.55. The first-order valence-corrected chi connectivity index (χ1v) is 3.55. The Morgan fingerprint density at radius 1 is 0.611 bits per heavy atom. The second-order valence-electron chi connectivity index (χ2n) is 2.76. The topological polar surface area (TPSA) is 3.24 Å². The van der Waals surface area contributed by atoms with Crippen LogP contribution in [0.3, 0.4) is 0 Å². The Balaban J connectivity index is 5.64. The van der Waals surface area contributed by atoms with E-state index in [-0.39, 0.29) is 0 Å². The van der Waals surface area contributed by atoms with Gasteiger partial charge in [-0.15, -0.1) is 0 Å². The number of nitrogens with zero attached hydrogens (tertiary/aromatic N) is 1. The van der Waals surface area contributed by atoms with Crippen LogP contribution in [0.5, 0.6) is 0 Å². The van der Waals surface area contributed by atoms with E-state index in [0.717, 1.165) is 0 Å². The molecule has 13 heteroatoms. The molecule has 0 aliphatic carbocycles. The fraction of sp³-hybridized carbons (Fsp3) is 1.00. The highest BCUT2D eigenvalue weighted by Gasteiger charge is 2.73. The molecule has 0 radical (unpaired) electrons. The zero-order valence-electron chi connectivity index (χ0n) is 7.56. The van der Waals surface area contributed by atoms with Gasteiger partial charge >= 0.3 is 24.8 Å². The van der Waals surface area contributed by atoms with Gasteiger partial charge in [-0.3, -0.25) is 0 Å². The van der Waals surface area contributed by atoms with Crippen molar-refractivity contribution in [2.24, 2.45) is 0 Å². The van der Waals surface area contributed by atoms with Crippen molar-refractivity contribution in [2.75, 3.05) is 0 Å². The van der Waals surface area contributed by atoms with E-state index in [0.29, 0.717) is 0 Å². The van der Waals surface area contributed by atoms with Gasteiger partial charge in [0.05, 0.1) is 0 Å². The lowest BCUT2D eigenvalue weighted by molar-refractivity contribution is -0.458. The molecule has 0 rings (SSSR count). The second-order valence-corrected chi connectivity index (χ2v) is 2.76. The average molecular weight is 303 g/mol. The monoisotopic (exact) mass is 303 g/mol. The summed E-state index contributed by atoms with van der Waals surface area (Å²) in [7, 11) is 0. The molecule has 110 valence electrons. The highest BCUT2D eigenvalue weighted by Crippen LogP contribution is 2.47. The Morgan fingerprint density at radius 3 is 1.06 bits per heavy atom. The number of hydrogen-bond acceptors (Lipinski definition) is 1. The predicted molar refractivity (Wildman–Crippen MR) is 29.8 cm³/mol. The molecule has 0 aromatic heterocycles. The maximum Gasteiger partial charge on any atom is 0.472 e. The van der Waals surface area contributed by atoms with E-state index >= 15 is 0 Å². The van der Waals surface area contributed by atoms with Gasteiger partial charge in [0.25, 0.3) is 6.17 Å². The Morgan fingerprint density at radius 2 is 0.889 bits per heavy atom. The molecule has 0 spiro atoms. The second kappa shape index (κ2) is 4.35. The van der Waals surface area contributed by atoms with Crippen molar-refractivity contribution in [3.63, 3.8) is 0 Å². The summed E-state index contributed by atoms with van der Waals surface area (Å²) in [6.07, 6.45) is -26.2. The van der Waals surface area contributed by atoms with Crippen LogP contribution in [0.1, 0.15) is 0 Å². The van der Waals surface area contributed by atoms with Crippen molar-refractivity contribution >= 4 is 0 Å². The van der Waals surface area contributed by atoms with Gasteiger partial charge in [-0.05, 0) is 0 Å². The fourth-order valence-corrected chi connectivity index (χ4v) is 0.792. The molecular weight excluding hydrogens is 302 g/mol. The first kappa shape index (κ1) is 17.1. The zero-order chi connectivity index (χ0) is 15.2. The van der Waals surface area contributed by atoms with E-state index in [4.69, 9.17) is 0 Å². The third-order valence-corrected chi connectivity index (χ3v) is 1.40. The third kappa shape index (κ3) is 3.55. The standard InChI is InChI=1S/C5HF12N/c6-1(2(7,8)9)3(10,11)18(4(12,13)14)5(15,16)17/h1H. The zero-order valence-corrected chi connectivity index (χ0v) is 7.56. The molecule has 0 bridgehead atoms. The van der Waals surface area contributed by atoms with Crippen LogP contribution < -0.4 is 0 Å². The Hall–Kier alpha value is -0.880. The van der Waals surface area contributed by atoms with Gasteiger partial charge in [-0.1, -0.05) is 4.90 Å². The van der Waals surface area contributed by atoms with Gasteiger partial charge in [0.1, 0.15) is 0 Å². The van der Waals surface area contributed by atoms with Crippen LogP contribution in [0.15, 0.2) is 0 Å². The normalized spacial score (nSPS) is 17.2. The van der Waals surface area contributed by atoms with Gasteiger partial charge < -0.3 is 0 Å². The van der Waals surface area contributed by atoms with E-state index in [2.05, 4.69) is 0 Å². The van der Waals surface area contributed by atoms with Crippen LogP contribution >= 0.6 is 0 Å². The molecule has 0 fully saturated rings. The smallest absolute Gasteiger partial charge is 0.229 e. The van der Waals surface area contributed by atoms with E-state index in [9.17, 15) is 52.7 Å². The Labute approximate surface area is 89.9 Å². The average Bonchev–Trinajstić information content (AvgIpc) is 1.93. The number of rotatable bonds is 2. The summed E-state index contributed by atoms with van der Waals surface area (Å²) in [5.41, 5.74) is 0. The minimum Gasteiger partial charge on any atom is -0.229 e. The summed E-state index contributed by atoms with van der Waals surface area (Å²) in [5, 5.41) is 0. The van der Waals surface area contributed by atoms with E-state index < -0.39 is 35.9 Å². The summed E-state index contributed by atoms with van der Waals surface area (Å²) in [4.78, 5) is -3.74. The van der Waals surface area contributed by atoms with Crippen LogP contribution in [-0.4, -0.2) is 35.9 Å². The van der Waals surface area contributed by atoms with Crippen molar-refractivity contribution in [1.29, 1.82) is 0 Å². The number of halogens is 12. The minimum absolute atomic E-state index is 3.74. The molecule has 0 saturated carbocycles. The fourth-order valence-electron chi connectivity index (χ4n) is 0.792. The summed E-state index contributed by atoms with van der Waals surface area (Å²) in [6, 6.07) is -6.88. The molecule has 0 saturated heterocycles. The van der Waals surface area contributed by atoms with Crippen molar-refractivity contribution in [1.82, 2.24) is 4.90 Å². The SMILES string of the molecule is FC(C(F)(F)F)C(F)(F)N(C(F)(F)F)C(F)(F)F. The molecule has 0 aliphatic rings. The summed E-state index contributed by atoms with van der Waals surface area (Å²) in [6.45, 7) is 0. The van der Waals surface area contributed by atoms with Gasteiger partial charge in [0, 0.05) is 0 Å². The first-order chi connectivity index (χ1) is 7.52. The summed E-state index contributed by atoms with van der Waals surface area (Å²) >= 11 is 0. The minimum atomic E-state index is -6.95. The third-order valence-electron chi connectivity index (χ3n) is 1.40. The number of hydrogen-bond donors (Lipinski definition) is 0. The molecule has 1 atom stereocenters. The van der Waals surface area contributed by atoms with Crippen LogP contribution in [0.4, 0.5) is 52.7 Å². The van der Waals surface area contributed by atoms with Gasteiger partial charge in [-0.25, -0.2) is 4.39 Å². The molecule has 1 unspecified atom stereocenters. The summed E-state index contributed by atoms with van der Waals surface area (Å²) < 4.78 is 141. The van der Waals surface area contributed by atoms with E-state index in [1.54, 1.807) is 0 Å². The molecule has 0 N–H and O–H groups in total. The lowest BCUT2D eigenvalue weighted by Crippen LogP contribution is -2.63. The van der Waals surface area contributed by atoms with Crippen molar-refractivity contribution in [3.05, 3.63) is 0 Å². The number of alkyl halides is 12. The molecule has 1 nitrogen and oxygen atoms in total. The lowest BCUT2D eigenvalue weighted by atomic mass is 10.3. The van der Waals surface area contributed by atoms with E-state index in [1.165, 1.54) is 0 Å². The molecule has 18 heavy (non-hydrogen) atoms. The quantitative estimate of drug-likeness (QED) is 0.554. The molecule has 0 aliphatic heterocycles. The van der Waals surface area contributed by atoms with Crippen LogP contribution in [0, 0.1) is 0 Å². The Bertz CT molecular complexity index is 268. The van der Waals surface area contributed by atoms with Gasteiger partial charge in [0.2, 0.25) is 0 Å².